The first-order valence-corrected chi connectivity index (χ1v) is 5.92. The maximum absolute atomic E-state index is 10.1. The zero-order chi connectivity index (χ0) is 11.3. The minimum atomic E-state index is -0.321. The topological polar surface area (TPSA) is 20.2 Å². The van der Waals surface area contributed by atoms with Crippen molar-refractivity contribution < 1.29 is 5.11 Å². The highest BCUT2D eigenvalue weighted by Gasteiger charge is 2.14. The highest BCUT2D eigenvalue weighted by atomic mass is 16.3. The third-order valence-corrected chi connectivity index (χ3v) is 2.80. The lowest BCUT2D eigenvalue weighted by Gasteiger charge is -2.18. The molecule has 0 aliphatic carbocycles. The summed E-state index contributed by atoms with van der Waals surface area (Å²) in [5.74, 6) is 0.285. The standard InChI is InChI=1S/C14H22O/c1-4-5-8-12-9-6-7-10-13(12)14(15)11(2)3/h6-7,9-11,14-15H,4-5,8H2,1-3H3. The fraction of sp³-hybridized carbons (Fsp3) is 0.571. The fourth-order valence-electron chi connectivity index (χ4n) is 1.78. The molecule has 1 unspecified atom stereocenters. The van der Waals surface area contributed by atoms with Gasteiger partial charge in [0.1, 0.15) is 0 Å². The molecule has 0 saturated heterocycles. The number of rotatable bonds is 5. The van der Waals surface area contributed by atoms with Crippen molar-refractivity contribution in [3.8, 4) is 0 Å². The zero-order valence-electron chi connectivity index (χ0n) is 10.0. The molecular weight excluding hydrogens is 184 g/mol. The third kappa shape index (κ3) is 3.35. The van der Waals surface area contributed by atoms with Crippen LogP contribution in [-0.4, -0.2) is 5.11 Å². The second kappa shape index (κ2) is 5.92. The minimum Gasteiger partial charge on any atom is -0.388 e. The quantitative estimate of drug-likeness (QED) is 0.778. The van der Waals surface area contributed by atoms with E-state index >= 15 is 0 Å². The van der Waals surface area contributed by atoms with Gasteiger partial charge in [-0.25, -0.2) is 0 Å². The van der Waals surface area contributed by atoms with E-state index in [4.69, 9.17) is 0 Å². The van der Waals surface area contributed by atoms with E-state index in [1.54, 1.807) is 0 Å². The van der Waals surface area contributed by atoms with Crippen LogP contribution in [0.4, 0.5) is 0 Å². The Bertz CT molecular complexity index is 291. The molecule has 0 radical (unpaired) electrons. The molecule has 0 aromatic heterocycles. The maximum Gasteiger partial charge on any atom is 0.0815 e. The van der Waals surface area contributed by atoms with E-state index in [9.17, 15) is 5.11 Å². The minimum absolute atomic E-state index is 0.285. The van der Waals surface area contributed by atoms with Crippen molar-refractivity contribution >= 4 is 0 Å². The molecule has 1 heteroatoms. The van der Waals surface area contributed by atoms with Gasteiger partial charge in [0.25, 0.3) is 0 Å². The summed E-state index contributed by atoms with van der Waals surface area (Å²) in [7, 11) is 0. The molecule has 0 aliphatic rings. The van der Waals surface area contributed by atoms with Crippen molar-refractivity contribution in [2.24, 2.45) is 5.92 Å². The Morgan fingerprint density at radius 2 is 1.87 bits per heavy atom. The SMILES string of the molecule is CCCCc1ccccc1C(O)C(C)C. The van der Waals surface area contributed by atoms with Gasteiger partial charge >= 0.3 is 0 Å². The van der Waals surface area contributed by atoms with Gasteiger partial charge in [-0.05, 0) is 29.9 Å². The van der Waals surface area contributed by atoms with E-state index in [1.807, 2.05) is 6.07 Å². The maximum atomic E-state index is 10.1. The van der Waals surface area contributed by atoms with Gasteiger partial charge in [-0.3, -0.25) is 0 Å². The molecule has 15 heavy (non-hydrogen) atoms. The lowest BCUT2D eigenvalue weighted by atomic mass is 9.92. The Labute approximate surface area is 93.1 Å². The van der Waals surface area contributed by atoms with E-state index in [0.29, 0.717) is 0 Å². The van der Waals surface area contributed by atoms with Crippen LogP contribution in [0.5, 0.6) is 0 Å². The first-order chi connectivity index (χ1) is 7.16. The number of aliphatic hydroxyl groups is 1. The zero-order valence-corrected chi connectivity index (χ0v) is 10.0. The lowest BCUT2D eigenvalue weighted by molar-refractivity contribution is 0.126. The number of hydrogen-bond acceptors (Lipinski definition) is 1. The second-order valence-electron chi connectivity index (χ2n) is 4.49. The smallest absolute Gasteiger partial charge is 0.0815 e. The molecule has 0 amide bonds. The van der Waals surface area contributed by atoms with E-state index in [2.05, 4.69) is 39.0 Å². The van der Waals surface area contributed by atoms with Crippen LogP contribution in [0.3, 0.4) is 0 Å². The molecule has 1 aromatic rings. The Morgan fingerprint density at radius 3 is 2.47 bits per heavy atom. The Hall–Kier alpha value is -0.820. The van der Waals surface area contributed by atoms with Crippen molar-refractivity contribution in [3.05, 3.63) is 35.4 Å². The monoisotopic (exact) mass is 206 g/mol. The number of aliphatic hydroxyl groups excluding tert-OH is 1. The summed E-state index contributed by atoms with van der Waals surface area (Å²) in [6.07, 6.45) is 3.16. The molecule has 1 nitrogen and oxygen atoms in total. The normalized spacial score (nSPS) is 13.1. The molecule has 84 valence electrons. The highest BCUT2D eigenvalue weighted by Crippen LogP contribution is 2.25. The van der Waals surface area contributed by atoms with Gasteiger partial charge in [0.05, 0.1) is 6.10 Å². The van der Waals surface area contributed by atoms with Gasteiger partial charge in [-0.1, -0.05) is 51.5 Å². The van der Waals surface area contributed by atoms with Crippen LogP contribution in [0.15, 0.2) is 24.3 Å². The predicted octanol–water partition coefficient (Wildman–Crippen LogP) is 3.72. The summed E-state index contributed by atoms with van der Waals surface area (Å²) in [5, 5.41) is 10.1. The van der Waals surface area contributed by atoms with E-state index in [1.165, 1.54) is 18.4 Å². The average Bonchev–Trinajstić information content (AvgIpc) is 2.25. The molecule has 1 aromatic carbocycles. The van der Waals surface area contributed by atoms with Crippen molar-refractivity contribution in [1.29, 1.82) is 0 Å². The molecule has 0 heterocycles. The molecule has 1 atom stereocenters. The van der Waals surface area contributed by atoms with Crippen molar-refractivity contribution in [2.75, 3.05) is 0 Å². The molecule has 0 aliphatic heterocycles. The molecular formula is C14H22O. The summed E-state index contributed by atoms with van der Waals surface area (Å²) in [4.78, 5) is 0. The summed E-state index contributed by atoms with van der Waals surface area (Å²) in [6.45, 7) is 6.31. The van der Waals surface area contributed by atoms with Crippen molar-refractivity contribution in [2.45, 2.75) is 46.1 Å². The van der Waals surface area contributed by atoms with E-state index in [0.717, 1.165) is 12.0 Å². The largest absolute Gasteiger partial charge is 0.388 e. The number of hydrogen-bond donors (Lipinski definition) is 1. The molecule has 1 rings (SSSR count). The van der Waals surface area contributed by atoms with Gasteiger partial charge in [-0.2, -0.15) is 0 Å². The molecule has 0 spiro atoms. The van der Waals surface area contributed by atoms with Crippen LogP contribution >= 0.6 is 0 Å². The number of aryl methyl sites for hydroxylation is 1. The van der Waals surface area contributed by atoms with Gasteiger partial charge < -0.3 is 5.11 Å². The van der Waals surface area contributed by atoms with Gasteiger partial charge in [-0.15, -0.1) is 0 Å². The van der Waals surface area contributed by atoms with Gasteiger partial charge in [0, 0.05) is 0 Å². The van der Waals surface area contributed by atoms with Crippen LogP contribution < -0.4 is 0 Å². The van der Waals surface area contributed by atoms with Crippen LogP contribution in [0.2, 0.25) is 0 Å². The molecule has 0 saturated carbocycles. The van der Waals surface area contributed by atoms with Crippen LogP contribution in [0.25, 0.3) is 0 Å². The van der Waals surface area contributed by atoms with Crippen molar-refractivity contribution in [3.63, 3.8) is 0 Å². The Balaban J connectivity index is 2.85. The first kappa shape index (κ1) is 12.3. The molecule has 1 N–H and O–H groups in total. The average molecular weight is 206 g/mol. The van der Waals surface area contributed by atoms with E-state index in [-0.39, 0.29) is 12.0 Å². The Morgan fingerprint density at radius 1 is 1.20 bits per heavy atom. The summed E-state index contributed by atoms with van der Waals surface area (Å²) < 4.78 is 0. The number of unbranched alkanes of at least 4 members (excludes halogenated alkanes) is 1. The van der Waals surface area contributed by atoms with E-state index < -0.39 is 0 Å². The summed E-state index contributed by atoms with van der Waals surface area (Å²) in [5.41, 5.74) is 2.42. The van der Waals surface area contributed by atoms with Crippen LogP contribution in [0, 0.1) is 5.92 Å². The molecule has 0 bridgehead atoms. The van der Waals surface area contributed by atoms with Crippen molar-refractivity contribution in [1.82, 2.24) is 0 Å². The summed E-state index contributed by atoms with van der Waals surface area (Å²) >= 11 is 0. The van der Waals surface area contributed by atoms with Crippen LogP contribution in [-0.2, 0) is 6.42 Å². The second-order valence-corrected chi connectivity index (χ2v) is 4.49. The fourth-order valence-corrected chi connectivity index (χ4v) is 1.78. The Kier molecular flexibility index (Phi) is 4.83. The first-order valence-electron chi connectivity index (χ1n) is 5.92. The lowest BCUT2D eigenvalue weighted by Crippen LogP contribution is -2.08. The third-order valence-electron chi connectivity index (χ3n) is 2.80. The summed E-state index contributed by atoms with van der Waals surface area (Å²) in [6, 6.07) is 8.25. The highest BCUT2D eigenvalue weighted by molar-refractivity contribution is 5.29. The van der Waals surface area contributed by atoms with Gasteiger partial charge in [0.15, 0.2) is 0 Å². The molecule has 0 fully saturated rings. The van der Waals surface area contributed by atoms with Gasteiger partial charge in [0.2, 0.25) is 0 Å². The number of benzene rings is 1. The predicted molar refractivity (Wildman–Crippen MR) is 64.9 cm³/mol. The van der Waals surface area contributed by atoms with Crippen LogP contribution in [0.1, 0.15) is 50.8 Å².